The van der Waals surface area contributed by atoms with Crippen molar-refractivity contribution in [3.63, 3.8) is 0 Å². The maximum atomic E-state index is 10.5. The van der Waals surface area contributed by atoms with Gasteiger partial charge in [-0.1, -0.05) is 24.8 Å². The predicted octanol–water partition coefficient (Wildman–Crippen LogP) is 1.24. The molecule has 0 radical (unpaired) electrons. The fourth-order valence-electron chi connectivity index (χ4n) is 1.20. The fourth-order valence-corrected chi connectivity index (χ4v) is 1.20. The highest BCUT2D eigenvalue weighted by Gasteiger charge is 2.07. The van der Waals surface area contributed by atoms with Crippen molar-refractivity contribution in [2.75, 3.05) is 13.2 Å². The standard InChI is InChI=1S/C12H14O4/c1-9(12(14)15)8-16-11-5-3-2-4-10(11)6-7-13/h2-5,13H,1,6-8H2,(H,14,15). The molecule has 1 aromatic rings. The van der Waals surface area contributed by atoms with Gasteiger partial charge in [0.1, 0.15) is 12.4 Å². The molecule has 4 nitrogen and oxygen atoms in total. The Bertz CT molecular complexity index is 384. The molecule has 0 aliphatic heterocycles. The maximum Gasteiger partial charge on any atom is 0.334 e. The minimum Gasteiger partial charge on any atom is -0.488 e. The van der Waals surface area contributed by atoms with Crippen LogP contribution in [0, 0.1) is 0 Å². The molecule has 0 amide bonds. The number of rotatable bonds is 6. The summed E-state index contributed by atoms with van der Waals surface area (Å²) in [5.74, 6) is -0.487. The number of carbonyl (C=O) groups is 1. The minimum absolute atomic E-state index is 0.00111. The van der Waals surface area contributed by atoms with Crippen LogP contribution in [0.15, 0.2) is 36.4 Å². The van der Waals surface area contributed by atoms with Crippen molar-refractivity contribution in [1.82, 2.24) is 0 Å². The van der Waals surface area contributed by atoms with Gasteiger partial charge in [0.2, 0.25) is 0 Å². The molecule has 0 aromatic heterocycles. The summed E-state index contributed by atoms with van der Waals surface area (Å²) >= 11 is 0. The van der Waals surface area contributed by atoms with E-state index in [0.29, 0.717) is 12.2 Å². The van der Waals surface area contributed by atoms with Gasteiger partial charge in [0.15, 0.2) is 0 Å². The van der Waals surface area contributed by atoms with E-state index in [-0.39, 0.29) is 18.8 Å². The van der Waals surface area contributed by atoms with Gasteiger partial charge in [-0.15, -0.1) is 0 Å². The second-order valence-electron chi connectivity index (χ2n) is 3.28. The first-order valence-electron chi connectivity index (χ1n) is 4.87. The molecule has 2 N–H and O–H groups in total. The molecule has 0 saturated carbocycles. The highest BCUT2D eigenvalue weighted by atomic mass is 16.5. The molecule has 0 heterocycles. The number of aliphatic carboxylic acids is 1. The first kappa shape index (κ1) is 12.3. The van der Waals surface area contributed by atoms with E-state index in [4.69, 9.17) is 14.9 Å². The zero-order chi connectivity index (χ0) is 12.0. The lowest BCUT2D eigenvalue weighted by Crippen LogP contribution is -2.10. The van der Waals surface area contributed by atoms with Crippen molar-refractivity contribution in [3.05, 3.63) is 42.0 Å². The van der Waals surface area contributed by atoms with Crippen molar-refractivity contribution < 1.29 is 19.7 Å². The van der Waals surface area contributed by atoms with E-state index >= 15 is 0 Å². The molecule has 86 valence electrons. The Morgan fingerprint density at radius 2 is 2.06 bits per heavy atom. The number of aliphatic hydroxyl groups excluding tert-OH is 1. The van der Waals surface area contributed by atoms with Crippen LogP contribution in [0.5, 0.6) is 5.75 Å². The maximum absolute atomic E-state index is 10.5. The van der Waals surface area contributed by atoms with E-state index in [0.717, 1.165) is 5.56 Å². The highest BCUT2D eigenvalue weighted by Crippen LogP contribution is 2.18. The Morgan fingerprint density at radius 3 is 2.69 bits per heavy atom. The van der Waals surface area contributed by atoms with Crippen molar-refractivity contribution in [3.8, 4) is 5.75 Å². The van der Waals surface area contributed by atoms with Crippen LogP contribution in [0.4, 0.5) is 0 Å². The summed E-state index contributed by atoms with van der Waals surface area (Å²) in [5, 5.41) is 17.5. The normalized spacial score (nSPS) is 9.81. The molecule has 0 bridgehead atoms. The summed E-state index contributed by atoms with van der Waals surface area (Å²) in [6.45, 7) is 3.34. The quantitative estimate of drug-likeness (QED) is 0.711. The summed E-state index contributed by atoms with van der Waals surface area (Å²) in [6, 6.07) is 7.19. The van der Waals surface area contributed by atoms with Gasteiger partial charge in [-0.3, -0.25) is 0 Å². The second-order valence-corrected chi connectivity index (χ2v) is 3.28. The lowest BCUT2D eigenvalue weighted by molar-refractivity contribution is -0.133. The average molecular weight is 222 g/mol. The number of aliphatic hydroxyl groups is 1. The molecule has 0 unspecified atom stereocenters. The zero-order valence-electron chi connectivity index (χ0n) is 8.85. The van der Waals surface area contributed by atoms with Gasteiger partial charge in [-0.05, 0) is 18.1 Å². The summed E-state index contributed by atoms with van der Waals surface area (Å²) in [6.07, 6.45) is 0.482. The highest BCUT2D eigenvalue weighted by molar-refractivity contribution is 5.86. The van der Waals surface area contributed by atoms with Gasteiger partial charge in [-0.25, -0.2) is 4.79 Å². The average Bonchev–Trinajstić information content (AvgIpc) is 2.27. The van der Waals surface area contributed by atoms with Crippen molar-refractivity contribution in [2.24, 2.45) is 0 Å². The Hall–Kier alpha value is -1.81. The Balaban J connectivity index is 2.66. The third-order valence-corrected chi connectivity index (χ3v) is 2.06. The molecular formula is C12H14O4. The number of hydrogen-bond acceptors (Lipinski definition) is 3. The smallest absolute Gasteiger partial charge is 0.334 e. The Morgan fingerprint density at radius 1 is 1.38 bits per heavy atom. The van der Waals surface area contributed by atoms with E-state index in [9.17, 15) is 4.79 Å². The number of carboxylic acids is 1. The van der Waals surface area contributed by atoms with E-state index in [2.05, 4.69) is 6.58 Å². The molecule has 16 heavy (non-hydrogen) atoms. The van der Waals surface area contributed by atoms with Crippen LogP contribution in [0.3, 0.4) is 0 Å². The third-order valence-electron chi connectivity index (χ3n) is 2.06. The number of carboxylic acid groups (broad SMARTS) is 1. The van der Waals surface area contributed by atoms with E-state index in [1.54, 1.807) is 12.1 Å². The van der Waals surface area contributed by atoms with E-state index in [1.165, 1.54) is 0 Å². The summed E-state index contributed by atoms with van der Waals surface area (Å²) < 4.78 is 5.32. The SMILES string of the molecule is C=C(COc1ccccc1CCO)C(=O)O. The van der Waals surface area contributed by atoms with Crippen molar-refractivity contribution in [1.29, 1.82) is 0 Å². The van der Waals surface area contributed by atoms with E-state index in [1.807, 2.05) is 12.1 Å². The van der Waals surface area contributed by atoms with Crippen molar-refractivity contribution >= 4 is 5.97 Å². The summed E-state index contributed by atoms with van der Waals surface area (Å²) in [7, 11) is 0. The van der Waals surface area contributed by atoms with Gasteiger partial charge in [0.05, 0.1) is 5.57 Å². The first-order chi connectivity index (χ1) is 7.65. The lowest BCUT2D eigenvalue weighted by atomic mass is 10.1. The van der Waals surface area contributed by atoms with Crippen LogP contribution >= 0.6 is 0 Å². The Labute approximate surface area is 93.8 Å². The zero-order valence-corrected chi connectivity index (χ0v) is 8.85. The molecule has 0 spiro atoms. The van der Waals surface area contributed by atoms with Crippen LogP contribution in [0.2, 0.25) is 0 Å². The van der Waals surface area contributed by atoms with E-state index < -0.39 is 5.97 Å². The molecule has 1 rings (SSSR count). The molecule has 0 aliphatic rings. The molecule has 0 saturated heterocycles. The predicted molar refractivity (Wildman–Crippen MR) is 59.5 cm³/mol. The molecule has 0 aliphatic carbocycles. The first-order valence-corrected chi connectivity index (χ1v) is 4.87. The molecule has 0 atom stereocenters. The lowest BCUT2D eigenvalue weighted by Gasteiger charge is -2.10. The van der Waals surface area contributed by atoms with Gasteiger partial charge >= 0.3 is 5.97 Å². The largest absolute Gasteiger partial charge is 0.488 e. The third kappa shape index (κ3) is 3.40. The number of benzene rings is 1. The van der Waals surface area contributed by atoms with Gasteiger partial charge < -0.3 is 14.9 Å². The summed E-state index contributed by atoms with van der Waals surface area (Å²) in [4.78, 5) is 10.5. The Kier molecular flexibility index (Phi) is 4.54. The monoisotopic (exact) mass is 222 g/mol. The molecular weight excluding hydrogens is 208 g/mol. The fraction of sp³-hybridized carbons (Fsp3) is 0.250. The second kappa shape index (κ2) is 5.92. The molecule has 4 heteroatoms. The topological polar surface area (TPSA) is 66.8 Å². The summed E-state index contributed by atoms with van der Waals surface area (Å²) in [5.41, 5.74) is 0.849. The number of ether oxygens (including phenoxy) is 1. The molecule has 0 fully saturated rings. The minimum atomic E-state index is -1.07. The van der Waals surface area contributed by atoms with Gasteiger partial charge in [-0.2, -0.15) is 0 Å². The van der Waals surface area contributed by atoms with Crippen LogP contribution in [-0.4, -0.2) is 29.4 Å². The van der Waals surface area contributed by atoms with Crippen LogP contribution in [-0.2, 0) is 11.2 Å². The number of para-hydroxylation sites is 1. The van der Waals surface area contributed by atoms with Gasteiger partial charge in [0, 0.05) is 6.61 Å². The number of hydrogen-bond donors (Lipinski definition) is 2. The van der Waals surface area contributed by atoms with Gasteiger partial charge in [0.25, 0.3) is 0 Å². The molecule has 1 aromatic carbocycles. The van der Waals surface area contributed by atoms with Crippen LogP contribution < -0.4 is 4.74 Å². The van der Waals surface area contributed by atoms with Crippen LogP contribution in [0.1, 0.15) is 5.56 Å². The van der Waals surface area contributed by atoms with Crippen LogP contribution in [0.25, 0.3) is 0 Å². The van der Waals surface area contributed by atoms with Crippen molar-refractivity contribution in [2.45, 2.75) is 6.42 Å².